The van der Waals surface area contributed by atoms with Gasteiger partial charge in [-0.25, -0.2) is 0 Å². The molecule has 94 valence electrons. The fourth-order valence-corrected chi connectivity index (χ4v) is 1.73. The Bertz CT molecular complexity index is 455. The predicted octanol–water partition coefficient (Wildman–Crippen LogP) is 3.22. The summed E-state index contributed by atoms with van der Waals surface area (Å²) in [5.74, 6) is 0. The summed E-state index contributed by atoms with van der Waals surface area (Å²) in [5, 5.41) is 23.8. The van der Waals surface area contributed by atoms with E-state index in [0.29, 0.717) is 11.4 Å². The van der Waals surface area contributed by atoms with E-state index in [2.05, 4.69) is 0 Å². The first kappa shape index (κ1) is 12.4. The molecule has 0 heterocycles. The first-order valence-corrected chi connectivity index (χ1v) is 5.60. The average molecular weight is 242 g/mol. The lowest BCUT2D eigenvalue weighted by Crippen LogP contribution is -2.05. The van der Waals surface area contributed by atoms with Crippen molar-refractivity contribution >= 4 is 11.4 Å². The number of anilines is 2. The largest absolute Gasteiger partial charge is 0.758 e. The molecule has 0 aliphatic heterocycles. The van der Waals surface area contributed by atoms with Gasteiger partial charge in [-0.15, -0.1) is 0 Å². The highest BCUT2D eigenvalue weighted by atomic mass is 16.5. The summed E-state index contributed by atoms with van der Waals surface area (Å²) in [5.41, 5.74) is 3.27. The number of hydrogen-bond donors (Lipinski definition) is 0. The summed E-state index contributed by atoms with van der Waals surface area (Å²) >= 11 is 0. The van der Waals surface area contributed by atoms with E-state index in [9.17, 15) is 10.4 Å². The van der Waals surface area contributed by atoms with Crippen molar-refractivity contribution in [1.82, 2.24) is 0 Å². The molecule has 0 amide bonds. The van der Waals surface area contributed by atoms with Crippen LogP contribution >= 0.6 is 0 Å². The van der Waals surface area contributed by atoms with Crippen LogP contribution in [-0.2, 0) is 0 Å². The van der Waals surface area contributed by atoms with Crippen LogP contribution in [0.5, 0.6) is 0 Å². The van der Waals surface area contributed by atoms with E-state index in [1.54, 1.807) is 24.3 Å². The molecule has 4 nitrogen and oxygen atoms in total. The van der Waals surface area contributed by atoms with Gasteiger partial charge in [0.2, 0.25) is 0 Å². The fourth-order valence-electron chi connectivity index (χ4n) is 1.73. The van der Waals surface area contributed by atoms with Gasteiger partial charge in [0, 0.05) is 11.4 Å². The van der Waals surface area contributed by atoms with Crippen LogP contribution in [-0.4, -0.2) is 14.1 Å². The van der Waals surface area contributed by atoms with Gasteiger partial charge < -0.3 is 20.5 Å². The van der Waals surface area contributed by atoms with Gasteiger partial charge in [-0.1, -0.05) is 24.3 Å². The zero-order valence-electron chi connectivity index (χ0n) is 10.3. The molecule has 2 aromatic carbocycles. The molecule has 0 saturated heterocycles. The SMILES string of the molecule is CN([O-])c1ccc(-c2ccc(N(C)[O-])cc2)cc1. The molecule has 0 unspecified atom stereocenters. The van der Waals surface area contributed by atoms with Crippen LogP contribution in [0.1, 0.15) is 0 Å². The van der Waals surface area contributed by atoms with Gasteiger partial charge in [-0.05, 0) is 49.5 Å². The third kappa shape index (κ3) is 2.61. The highest BCUT2D eigenvalue weighted by Crippen LogP contribution is 2.24. The Labute approximate surface area is 106 Å². The summed E-state index contributed by atoms with van der Waals surface area (Å²) in [4.78, 5) is 0. The third-order valence-electron chi connectivity index (χ3n) is 2.80. The zero-order valence-corrected chi connectivity index (χ0v) is 10.3. The van der Waals surface area contributed by atoms with E-state index in [0.717, 1.165) is 21.3 Å². The molecular formula is C14H14N2O2-2. The molecule has 0 N–H and O–H groups in total. The van der Waals surface area contributed by atoms with Crippen molar-refractivity contribution < 1.29 is 0 Å². The van der Waals surface area contributed by atoms with Crippen molar-refractivity contribution in [3.05, 3.63) is 58.9 Å². The van der Waals surface area contributed by atoms with Gasteiger partial charge >= 0.3 is 0 Å². The van der Waals surface area contributed by atoms with Crippen LogP contribution < -0.4 is 10.1 Å². The molecule has 0 fully saturated rings. The quantitative estimate of drug-likeness (QED) is 0.775. The molecule has 2 rings (SSSR count). The van der Waals surface area contributed by atoms with Gasteiger partial charge in [0.25, 0.3) is 0 Å². The Morgan fingerprint density at radius 1 is 0.611 bits per heavy atom. The van der Waals surface area contributed by atoms with Crippen molar-refractivity contribution in [2.24, 2.45) is 0 Å². The number of benzene rings is 2. The van der Waals surface area contributed by atoms with E-state index in [-0.39, 0.29) is 0 Å². The monoisotopic (exact) mass is 242 g/mol. The molecule has 0 bridgehead atoms. The summed E-state index contributed by atoms with van der Waals surface area (Å²) < 4.78 is 0. The Morgan fingerprint density at radius 2 is 0.889 bits per heavy atom. The van der Waals surface area contributed by atoms with Crippen LogP contribution in [0.3, 0.4) is 0 Å². The van der Waals surface area contributed by atoms with Gasteiger partial charge in [-0.3, -0.25) is 0 Å². The van der Waals surface area contributed by atoms with E-state index >= 15 is 0 Å². The minimum atomic E-state index is 0.620. The van der Waals surface area contributed by atoms with Crippen LogP contribution in [0.25, 0.3) is 11.1 Å². The standard InChI is InChI=1S/C14H14N2O2/c1-15(17)13-7-3-11(4-8-13)12-5-9-14(10-6-12)16(2)18/h3-10H,1-2H3/q-2. The lowest BCUT2D eigenvalue weighted by molar-refractivity contribution is 1.22. The van der Waals surface area contributed by atoms with E-state index in [1.807, 2.05) is 24.3 Å². The number of hydroxylamine groups is 2. The first-order chi connectivity index (χ1) is 8.58. The summed E-state index contributed by atoms with van der Waals surface area (Å²) in [6.45, 7) is 0. The molecule has 2 aromatic rings. The highest BCUT2D eigenvalue weighted by molar-refractivity contribution is 5.68. The van der Waals surface area contributed by atoms with Crippen LogP contribution in [0.15, 0.2) is 48.5 Å². The van der Waals surface area contributed by atoms with E-state index < -0.39 is 0 Å². The molecule has 0 aromatic heterocycles. The molecule has 0 atom stereocenters. The summed E-state index contributed by atoms with van der Waals surface area (Å²) in [6.07, 6.45) is 0. The van der Waals surface area contributed by atoms with E-state index in [4.69, 9.17) is 0 Å². The van der Waals surface area contributed by atoms with Crippen LogP contribution in [0.4, 0.5) is 11.4 Å². The van der Waals surface area contributed by atoms with Crippen LogP contribution in [0, 0.1) is 10.4 Å². The van der Waals surface area contributed by atoms with Crippen molar-refractivity contribution in [3.8, 4) is 11.1 Å². The van der Waals surface area contributed by atoms with Gasteiger partial charge in [0.05, 0.1) is 0 Å². The van der Waals surface area contributed by atoms with Gasteiger partial charge in [0.15, 0.2) is 0 Å². The number of hydrogen-bond acceptors (Lipinski definition) is 4. The zero-order chi connectivity index (χ0) is 13.1. The van der Waals surface area contributed by atoms with Gasteiger partial charge in [0.1, 0.15) is 0 Å². The molecule has 4 heteroatoms. The Morgan fingerprint density at radius 3 is 1.11 bits per heavy atom. The molecular weight excluding hydrogens is 228 g/mol. The van der Waals surface area contributed by atoms with Crippen LogP contribution in [0.2, 0.25) is 0 Å². The molecule has 0 saturated carbocycles. The molecule has 0 aliphatic rings. The molecule has 0 spiro atoms. The topological polar surface area (TPSA) is 52.6 Å². The van der Waals surface area contributed by atoms with Gasteiger partial charge in [-0.2, -0.15) is 0 Å². The smallest absolute Gasteiger partial charge is 0.0257 e. The predicted molar refractivity (Wildman–Crippen MR) is 75.4 cm³/mol. The summed E-state index contributed by atoms with van der Waals surface area (Å²) in [6, 6.07) is 14.6. The maximum absolute atomic E-state index is 11.1. The second kappa shape index (κ2) is 5.08. The minimum Gasteiger partial charge on any atom is -0.758 e. The maximum atomic E-state index is 11.1. The lowest BCUT2D eigenvalue weighted by atomic mass is 10.1. The average Bonchev–Trinajstić information content (AvgIpc) is 2.39. The minimum absolute atomic E-state index is 0.620. The molecule has 0 radical (unpaired) electrons. The number of nitrogens with zero attached hydrogens (tertiary/aromatic N) is 2. The lowest BCUT2D eigenvalue weighted by Gasteiger charge is -2.25. The Kier molecular flexibility index (Phi) is 3.50. The Balaban J connectivity index is 2.25. The Hall–Kier alpha value is -2.04. The normalized spacial score (nSPS) is 10.2. The van der Waals surface area contributed by atoms with Crippen molar-refractivity contribution in [2.45, 2.75) is 0 Å². The first-order valence-electron chi connectivity index (χ1n) is 5.60. The second-order valence-corrected chi connectivity index (χ2v) is 4.09. The van der Waals surface area contributed by atoms with Crippen molar-refractivity contribution in [3.63, 3.8) is 0 Å². The second-order valence-electron chi connectivity index (χ2n) is 4.09. The number of rotatable bonds is 3. The third-order valence-corrected chi connectivity index (χ3v) is 2.80. The van der Waals surface area contributed by atoms with E-state index in [1.165, 1.54) is 14.1 Å². The molecule has 18 heavy (non-hydrogen) atoms. The summed E-state index contributed by atoms with van der Waals surface area (Å²) in [7, 11) is 2.93. The molecule has 0 aliphatic carbocycles. The van der Waals surface area contributed by atoms with Crippen molar-refractivity contribution in [1.29, 1.82) is 0 Å². The fraction of sp³-hybridized carbons (Fsp3) is 0.143. The highest BCUT2D eigenvalue weighted by Gasteiger charge is 1.98. The maximum Gasteiger partial charge on any atom is 0.0257 e. The van der Waals surface area contributed by atoms with Crippen molar-refractivity contribution in [2.75, 3.05) is 24.2 Å².